The molecule has 0 saturated carbocycles. The second-order valence-corrected chi connectivity index (χ2v) is 8.83. The first-order valence-electron chi connectivity index (χ1n) is 8.55. The highest BCUT2D eigenvalue weighted by atomic mass is 35.5. The van der Waals surface area contributed by atoms with Gasteiger partial charge in [0.05, 0.1) is 12.2 Å². The summed E-state index contributed by atoms with van der Waals surface area (Å²) in [5, 5.41) is 3.97. The third kappa shape index (κ3) is 4.60. The van der Waals surface area contributed by atoms with Crippen molar-refractivity contribution in [3.8, 4) is 0 Å². The van der Waals surface area contributed by atoms with Gasteiger partial charge in [-0.3, -0.25) is 9.69 Å². The highest BCUT2D eigenvalue weighted by Crippen LogP contribution is 2.24. The van der Waals surface area contributed by atoms with Gasteiger partial charge in [0, 0.05) is 47.6 Å². The minimum Gasteiger partial charge on any atom is -0.336 e. The summed E-state index contributed by atoms with van der Waals surface area (Å²) >= 11 is 7.62. The monoisotopic (exact) mass is 377 g/mol. The normalized spacial score (nSPS) is 16.2. The van der Waals surface area contributed by atoms with Gasteiger partial charge in [-0.25, -0.2) is 4.98 Å². The predicted molar refractivity (Wildman–Crippen MR) is 103 cm³/mol. The predicted octanol–water partition coefficient (Wildman–Crippen LogP) is 4.05. The van der Waals surface area contributed by atoms with Gasteiger partial charge in [0.15, 0.2) is 0 Å². The molecule has 1 fully saturated rings. The summed E-state index contributed by atoms with van der Waals surface area (Å²) in [6, 6.07) is 7.11. The molecular weight excluding hydrogens is 354 g/mol. The van der Waals surface area contributed by atoms with E-state index in [-0.39, 0.29) is 11.3 Å². The lowest BCUT2D eigenvalue weighted by Gasteiger charge is -2.34. The third-order valence-electron chi connectivity index (χ3n) is 4.43. The van der Waals surface area contributed by atoms with Crippen LogP contribution < -0.4 is 0 Å². The Balaban J connectivity index is 1.54. The average molecular weight is 378 g/mol. The van der Waals surface area contributed by atoms with E-state index in [1.54, 1.807) is 35.6 Å². The quantitative estimate of drug-likeness (QED) is 0.809. The number of hydrogen-bond donors (Lipinski definition) is 0. The molecule has 134 valence electrons. The van der Waals surface area contributed by atoms with Gasteiger partial charge in [0.25, 0.3) is 5.91 Å². The number of hydrogen-bond acceptors (Lipinski definition) is 4. The number of aromatic nitrogens is 1. The Labute approximate surface area is 158 Å². The van der Waals surface area contributed by atoms with E-state index in [4.69, 9.17) is 16.6 Å². The molecule has 0 aliphatic carbocycles. The summed E-state index contributed by atoms with van der Waals surface area (Å²) in [7, 11) is 0. The summed E-state index contributed by atoms with van der Waals surface area (Å²) in [5.41, 5.74) is 1.95. The van der Waals surface area contributed by atoms with Crippen LogP contribution in [-0.4, -0.2) is 46.9 Å². The third-order valence-corrected chi connectivity index (χ3v) is 5.52. The van der Waals surface area contributed by atoms with Crippen LogP contribution in [0.4, 0.5) is 0 Å². The van der Waals surface area contributed by atoms with Crippen LogP contribution >= 0.6 is 22.9 Å². The van der Waals surface area contributed by atoms with Crippen LogP contribution in [-0.2, 0) is 12.0 Å². The van der Waals surface area contributed by atoms with Gasteiger partial charge in [-0.1, -0.05) is 32.4 Å². The molecule has 3 rings (SSSR count). The lowest BCUT2D eigenvalue weighted by atomic mass is 9.93. The number of carbonyl (C=O) groups is 1. The molecule has 2 heterocycles. The molecule has 1 saturated heterocycles. The zero-order valence-corrected chi connectivity index (χ0v) is 16.5. The van der Waals surface area contributed by atoms with Gasteiger partial charge in [0.1, 0.15) is 5.01 Å². The number of nitrogens with zero attached hydrogens (tertiary/aromatic N) is 3. The Kier molecular flexibility index (Phi) is 5.46. The Morgan fingerprint density at radius 2 is 1.80 bits per heavy atom. The maximum absolute atomic E-state index is 12.5. The molecule has 1 amide bonds. The van der Waals surface area contributed by atoms with Crippen LogP contribution in [0.25, 0.3) is 0 Å². The van der Waals surface area contributed by atoms with E-state index in [9.17, 15) is 4.79 Å². The van der Waals surface area contributed by atoms with E-state index in [1.165, 1.54) is 0 Å². The van der Waals surface area contributed by atoms with Gasteiger partial charge in [0.2, 0.25) is 0 Å². The molecular formula is C19H24ClN3OS. The summed E-state index contributed by atoms with van der Waals surface area (Å²) in [5.74, 6) is 0.0839. The van der Waals surface area contributed by atoms with Crippen molar-refractivity contribution >= 4 is 28.8 Å². The molecule has 0 atom stereocenters. The number of piperazine rings is 1. The van der Waals surface area contributed by atoms with Crippen LogP contribution in [0.15, 0.2) is 29.6 Å². The first-order chi connectivity index (χ1) is 11.8. The number of thiazole rings is 1. The van der Waals surface area contributed by atoms with Crippen molar-refractivity contribution in [1.29, 1.82) is 0 Å². The Bertz CT molecular complexity index is 728. The molecule has 25 heavy (non-hydrogen) atoms. The van der Waals surface area contributed by atoms with Gasteiger partial charge >= 0.3 is 0 Å². The van der Waals surface area contributed by atoms with Gasteiger partial charge < -0.3 is 4.90 Å². The number of benzene rings is 1. The molecule has 1 aliphatic rings. The second-order valence-electron chi connectivity index (χ2n) is 7.45. The van der Waals surface area contributed by atoms with Gasteiger partial charge in [-0.2, -0.15) is 0 Å². The lowest BCUT2D eigenvalue weighted by molar-refractivity contribution is 0.0628. The molecule has 1 aromatic heterocycles. The topological polar surface area (TPSA) is 36.4 Å². The van der Waals surface area contributed by atoms with Crippen molar-refractivity contribution in [3.05, 3.63) is 50.9 Å². The fourth-order valence-corrected chi connectivity index (χ4v) is 3.99. The summed E-state index contributed by atoms with van der Waals surface area (Å²) in [6.45, 7) is 10.7. The maximum Gasteiger partial charge on any atom is 0.253 e. The average Bonchev–Trinajstić information content (AvgIpc) is 3.04. The minimum atomic E-state index is 0.0839. The largest absolute Gasteiger partial charge is 0.336 e. The van der Waals surface area contributed by atoms with Crippen molar-refractivity contribution < 1.29 is 4.79 Å². The Morgan fingerprint density at radius 1 is 1.16 bits per heavy atom. The molecule has 0 bridgehead atoms. The highest BCUT2D eigenvalue weighted by molar-refractivity contribution is 7.09. The van der Waals surface area contributed by atoms with E-state index >= 15 is 0 Å². The number of halogens is 1. The van der Waals surface area contributed by atoms with Gasteiger partial charge in [-0.05, 0) is 24.3 Å². The van der Waals surface area contributed by atoms with Crippen LogP contribution in [0, 0.1) is 0 Å². The molecule has 1 aliphatic heterocycles. The van der Waals surface area contributed by atoms with Crippen molar-refractivity contribution in [3.63, 3.8) is 0 Å². The first kappa shape index (κ1) is 18.4. The summed E-state index contributed by atoms with van der Waals surface area (Å²) in [6.07, 6.45) is 0. The summed E-state index contributed by atoms with van der Waals surface area (Å²) in [4.78, 5) is 21.6. The molecule has 1 aromatic carbocycles. The van der Waals surface area contributed by atoms with Crippen LogP contribution in [0.5, 0.6) is 0 Å². The minimum absolute atomic E-state index is 0.0839. The lowest BCUT2D eigenvalue weighted by Crippen LogP contribution is -2.48. The van der Waals surface area contributed by atoms with Crippen molar-refractivity contribution in [2.45, 2.75) is 32.7 Å². The molecule has 0 unspecified atom stereocenters. The number of rotatable bonds is 3. The molecule has 2 aromatic rings. The smallest absolute Gasteiger partial charge is 0.253 e. The van der Waals surface area contributed by atoms with Crippen LogP contribution in [0.1, 0.15) is 41.8 Å². The van der Waals surface area contributed by atoms with Crippen molar-refractivity contribution in [1.82, 2.24) is 14.8 Å². The fraction of sp³-hybridized carbons (Fsp3) is 0.474. The van der Waals surface area contributed by atoms with E-state index in [1.807, 2.05) is 4.90 Å². The molecule has 0 radical (unpaired) electrons. The van der Waals surface area contributed by atoms with Crippen molar-refractivity contribution in [2.75, 3.05) is 26.2 Å². The Hall–Kier alpha value is -1.43. The standard InChI is InChI=1S/C19H24ClN3OS/c1-19(2,3)16-13-25-17(21-16)12-22-8-10-23(11-9-22)18(24)14-4-6-15(20)7-5-14/h4-7,13H,8-12H2,1-3H3. The second kappa shape index (κ2) is 7.44. The van der Waals surface area contributed by atoms with E-state index in [0.29, 0.717) is 10.6 Å². The number of amides is 1. The zero-order valence-electron chi connectivity index (χ0n) is 15.0. The zero-order chi connectivity index (χ0) is 18.0. The van der Waals surface area contributed by atoms with E-state index in [0.717, 1.165) is 43.4 Å². The van der Waals surface area contributed by atoms with E-state index < -0.39 is 0 Å². The van der Waals surface area contributed by atoms with Gasteiger partial charge in [-0.15, -0.1) is 11.3 Å². The molecule has 0 spiro atoms. The maximum atomic E-state index is 12.5. The number of carbonyl (C=O) groups excluding carboxylic acids is 1. The summed E-state index contributed by atoms with van der Waals surface area (Å²) < 4.78 is 0. The van der Waals surface area contributed by atoms with Crippen LogP contribution in [0.2, 0.25) is 5.02 Å². The molecule has 6 heteroatoms. The van der Waals surface area contributed by atoms with Crippen LogP contribution in [0.3, 0.4) is 0 Å². The Morgan fingerprint density at radius 3 is 2.36 bits per heavy atom. The fourth-order valence-electron chi connectivity index (χ4n) is 2.80. The SMILES string of the molecule is CC(C)(C)c1csc(CN2CCN(C(=O)c3ccc(Cl)cc3)CC2)n1. The van der Waals surface area contributed by atoms with E-state index in [2.05, 4.69) is 31.1 Å². The first-order valence-corrected chi connectivity index (χ1v) is 9.81. The molecule has 4 nitrogen and oxygen atoms in total. The highest BCUT2D eigenvalue weighted by Gasteiger charge is 2.23. The van der Waals surface area contributed by atoms with Crippen molar-refractivity contribution in [2.24, 2.45) is 0 Å². The molecule has 0 N–H and O–H groups in total.